The van der Waals surface area contributed by atoms with Gasteiger partial charge in [-0.25, -0.2) is 8.42 Å². The van der Waals surface area contributed by atoms with Crippen LogP contribution in [0.15, 0.2) is 41.3 Å². The lowest BCUT2D eigenvalue weighted by Crippen LogP contribution is -2.16. The van der Waals surface area contributed by atoms with E-state index in [0.717, 1.165) is 9.75 Å². The molecule has 0 aliphatic heterocycles. The maximum absolute atomic E-state index is 12.1. The summed E-state index contributed by atoms with van der Waals surface area (Å²) >= 11 is 1.50. The quantitative estimate of drug-likeness (QED) is 0.814. The monoisotopic (exact) mass is 294 g/mol. The molecule has 1 aromatic carbocycles. The van der Waals surface area contributed by atoms with E-state index in [4.69, 9.17) is 0 Å². The van der Waals surface area contributed by atoms with Gasteiger partial charge < -0.3 is 0 Å². The summed E-state index contributed by atoms with van der Waals surface area (Å²) in [5, 5.41) is 0. The van der Waals surface area contributed by atoms with E-state index in [0.29, 0.717) is 5.56 Å². The van der Waals surface area contributed by atoms with Crippen molar-refractivity contribution in [2.75, 3.05) is 5.75 Å². The molecule has 19 heavy (non-hydrogen) atoms. The molecule has 0 unspecified atom stereocenters. The fraction of sp³-hybridized carbons (Fsp3) is 0.214. The molecule has 0 saturated heterocycles. The van der Waals surface area contributed by atoms with E-state index >= 15 is 0 Å². The summed E-state index contributed by atoms with van der Waals surface area (Å²) in [6.07, 6.45) is 0. The number of Topliss-reactive ketones (excluding diaryl/α,β-unsaturated/α-hetero) is 1. The molecule has 0 amide bonds. The summed E-state index contributed by atoms with van der Waals surface area (Å²) in [5.74, 6) is -0.820. The van der Waals surface area contributed by atoms with Crippen molar-refractivity contribution >= 4 is 27.0 Å². The number of benzene rings is 1. The number of hydrogen-bond acceptors (Lipinski definition) is 4. The zero-order valence-electron chi connectivity index (χ0n) is 10.7. The maximum Gasteiger partial charge on any atom is 0.185 e. The molecular weight excluding hydrogens is 280 g/mol. The van der Waals surface area contributed by atoms with Gasteiger partial charge >= 0.3 is 0 Å². The third-order valence-corrected chi connectivity index (χ3v) is 5.36. The minimum atomic E-state index is -3.56. The average molecular weight is 294 g/mol. The smallest absolute Gasteiger partial charge is 0.185 e. The van der Waals surface area contributed by atoms with Crippen LogP contribution in [0.25, 0.3) is 0 Å². The predicted molar refractivity (Wildman–Crippen MR) is 76.6 cm³/mol. The highest BCUT2D eigenvalue weighted by atomic mass is 32.2. The number of ketones is 1. The molecule has 0 saturated carbocycles. The van der Waals surface area contributed by atoms with Gasteiger partial charge in [0.05, 0.1) is 4.90 Å². The summed E-state index contributed by atoms with van der Waals surface area (Å²) in [5.41, 5.74) is 0.516. The number of hydrogen-bond donors (Lipinski definition) is 0. The highest BCUT2D eigenvalue weighted by Gasteiger charge is 2.22. The first-order valence-corrected chi connectivity index (χ1v) is 8.25. The Balaban J connectivity index is 2.27. The Hall–Kier alpha value is -1.46. The second-order valence-electron chi connectivity index (χ2n) is 4.32. The summed E-state index contributed by atoms with van der Waals surface area (Å²) in [6.45, 7) is 3.74. The zero-order valence-corrected chi connectivity index (χ0v) is 12.3. The molecular formula is C14H14O3S2. The molecule has 0 atom stereocenters. The van der Waals surface area contributed by atoms with Gasteiger partial charge in [0.25, 0.3) is 0 Å². The molecule has 0 radical (unpaired) electrons. The van der Waals surface area contributed by atoms with E-state index in [2.05, 4.69) is 0 Å². The largest absolute Gasteiger partial charge is 0.293 e. The lowest BCUT2D eigenvalue weighted by atomic mass is 10.2. The van der Waals surface area contributed by atoms with Crippen LogP contribution in [0.2, 0.25) is 0 Å². The molecule has 1 heterocycles. The second-order valence-corrected chi connectivity index (χ2v) is 7.77. The van der Waals surface area contributed by atoms with Crippen molar-refractivity contribution < 1.29 is 13.2 Å². The van der Waals surface area contributed by atoms with E-state index in [-0.39, 0.29) is 10.7 Å². The summed E-state index contributed by atoms with van der Waals surface area (Å²) in [4.78, 5) is 14.2. The van der Waals surface area contributed by atoms with Gasteiger partial charge in [-0.2, -0.15) is 0 Å². The van der Waals surface area contributed by atoms with Gasteiger partial charge in [0, 0.05) is 15.3 Å². The van der Waals surface area contributed by atoms with Gasteiger partial charge in [-0.3, -0.25) is 4.79 Å². The van der Waals surface area contributed by atoms with Crippen LogP contribution < -0.4 is 0 Å². The first-order chi connectivity index (χ1) is 8.90. The fourth-order valence-electron chi connectivity index (χ4n) is 1.87. The highest BCUT2D eigenvalue weighted by Crippen LogP contribution is 2.22. The van der Waals surface area contributed by atoms with Crippen LogP contribution in [0.3, 0.4) is 0 Å². The number of carbonyl (C=O) groups excluding carboxylic acids is 1. The van der Waals surface area contributed by atoms with E-state index in [1.54, 1.807) is 24.3 Å². The molecule has 100 valence electrons. The Labute approximate surface area is 116 Å². The second kappa shape index (κ2) is 5.27. The van der Waals surface area contributed by atoms with Crippen molar-refractivity contribution in [1.82, 2.24) is 0 Å². The van der Waals surface area contributed by atoms with E-state index in [9.17, 15) is 13.2 Å². The van der Waals surface area contributed by atoms with E-state index < -0.39 is 15.6 Å². The number of thiophene rings is 1. The van der Waals surface area contributed by atoms with Gasteiger partial charge in [0.2, 0.25) is 0 Å². The van der Waals surface area contributed by atoms with Crippen LogP contribution >= 0.6 is 11.3 Å². The number of aryl methyl sites for hydroxylation is 2. The Morgan fingerprint density at radius 3 is 2.32 bits per heavy atom. The third kappa shape index (κ3) is 3.11. The predicted octanol–water partition coefficient (Wildman–Crippen LogP) is 3.02. The molecule has 0 aliphatic rings. The number of rotatable bonds is 4. The Bertz CT molecular complexity index is 698. The van der Waals surface area contributed by atoms with E-state index in [1.165, 1.54) is 23.5 Å². The molecule has 0 spiro atoms. The van der Waals surface area contributed by atoms with Crippen LogP contribution in [-0.2, 0) is 9.84 Å². The van der Waals surface area contributed by atoms with Gasteiger partial charge in [-0.15, -0.1) is 11.3 Å². The Morgan fingerprint density at radius 1 is 1.16 bits per heavy atom. The molecule has 2 rings (SSSR count). The van der Waals surface area contributed by atoms with Crippen LogP contribution in [-0.4, -0.2) is 20.0 Å². The van der Waals surface area contributed by atoms with Crippen molar-refractivity contribution in [3.8, 4) is 0 Å². The minimum absolute atomic E-state index is 0.188. The van der Waals surface area contributed by atoms with Crippen LogP contribution in [0.1, 0.15) is 20.1 Å². The van der Waals surface area contributed by atoms with Crippen molar-refractivity contribution in [2.45, 2.75) is 18.7 Å². The molecule has 0 N–H and O–H groups in total. The van der Waals surface area contributed by atoms with Crippen LogP contribution in [0, 0.1) is 13.8 Å². The Morgan fingerprint density at radius 2 is 1.79 bits per heavy atom. The minimum Gasteiger partial charge on any atom is -0.293 e. The van der Waals surface area contributed by atoms with Crippen molar-refractivity contribution in [1.29, 1.82) is 0 Å². The van der Waals surface area contributed by atoms with Gasteiger partial charge in [-0.05, 0) is 32.0 Å². The molecule has 5 heteroatoms. The summed E-state index contributed by atoms with van der Waals surface area (Å²) < 4.78 is 24.2. The number of sulfone groups is 1. The van der Waals surface area contributed by atoms with Crippen molar-refractivity contribution in [2.24, 2.45) is 0 Å². The molecule has 0 bridgehead atoms. The number of carbonyl (C=O) groups is 1. The summed E-state index contributed by atoms with van der Waals surface area (Å²) in [6, 6.07) is 9.81. The summed E-state index contributed by atoms with van der Waals surface area (Å²) in [7, 11) is -3.56. The Kier molecular flexibility index (Phi) is 3.87. The van der Waals surface area contributed by atoms with Crippen molar-refractivity contribution in [3.05, 3.63) is 51.7 Å². The topological polar surface area (TPSA) is 51.2 Å². The average Bonchev–Trinajstić information content (AvgIpc) is 2.69. The molecule has 0 fully saturated rings. The van der Waals surface area contributed by atoms with Crippen LogP contribution in [0.4, 0.5) is 0 Å². The highest BCUT2D eigenvalue weighted by molar-refractivity contribution is 7.92. The van der Waals surface area contributed by atoms with Crippen molar-refractivity contribution in [3.63, 3.8) is 0 Å². The van der Waals surface area contributed by atoms with Gasteiger partial charge in [0.15, 0.2) is 15.6 Å². The maximum atomic E-state index is 12.1. The SMILES string of the molecule is Cc1cc(C(=O)CS(=O)(=O)c2ccccc2)c(C)s1. The molecule has 3 nitrogen and oxygen atoms in total. The van der Waals surface area contributed by atoms with Gasteiger partial charge in [-0.1, -0.05) is 18.2 Å². The lowest BCUT2D eigenvalue weighted by Gasteiger charge is -2.03. The standard InChI is InChI=1S/C14H14O3S2/c1-10-8-13(11(2)18-10)14(15)9-19(16,17)12-6-4-3-5-7-12/h3-8H,9H2,1-2H3. The normalized spacial score (nSPS) is 11.5. The molecule has 2 aromatic rings. The zero-order chi connectivity index (χ0) is 14.0. The van der Waals surface area contributed by atoms with Gasteiger partial charge in [0.1, 0.15) is 5.75 Å². The van der Waals surface area contributed by atoms with E-state index in [1.807, 2.05) is 13.8 Å². The fourth-order valence-corrected chi connectivity index (χ4v) is 4.05. The lowest BCUT2D eigenvalue weighted by molar-refractivity contribution is 0.102. The first kappa shape index (κ1) is 14.0. The third-order valence-electron chi connectivity index (χ3n) is 2.76. The van der Waals surface area contributed by atoms with Crippen LogP contribution in [0.5, 0.6) is 0 Å². The molecule has 1 aromatic heterocycles. The first-order valence-electron chi connectivity index (χ1n) is 5.78. The molecule has 0 aliphatic carbocycles.